The van der Waals surface area contributed by atoms with E-state index in [1.165, 1.54) is 13.8 Å². The Morgan fingerprint density at radius 1 is 1.08 bits per heavy atom. The van der Waals surface area contributed by atoms with Gasteiger partial charge in [-0.25, -0.2) is 4.79 Å². The highest BCUT2D eigenvalue weighted by molar-refractivity contribution is 5.92. The predicted octanol–water partition coefficient (Wildman–Crippen LogP) is 0.395. The molecule has 0 aliphatic carbocycles. The van der Waals surface area contributed by atoms with Crippen molar-refractivity contribution < 1.29 is 39.2 Å². The zero-order chi connectivity index (χ0) is 20.2. The number of rotatable bonds is 15. The summed E-state index contributed by atoms with van der Waals surface area (Å²) in [7, 11) is 1.61. The number of unbranched alkanes of at least 4 members (excludes halogenated alkanes) is 1. The Hall–Kier alpha value is -1.35. The lowest BCUT2D eigenvalue weighted by molar-refractivity contribution is -0.172. The largest absolute Gasteiger partial charge is 0.461 e. The number of carbonyl (C=O) groups is 3. The molecule has 0 rings (SSSR count). The van der Waals surface area contributed by atoms with E-state index in [1.807, 2.05) is 0 Å². The molecule has 0 aromatic heterocycles. The Bertz CT molecular complexity index is 432. The van der Waals surface area contributed by atoms with Crippen LogP contribution in [0.1, 0.15) is 52.4 Å². The Labute approximate surface area is 154 Å². The number of methoxy groups -OCH3 is 1. The molecule has 3 N–H and O–H groups in total. The Balaban J connectivity index is 4.50. The van der Waals surface area contributed by atoms with E-state index in [-0.39, 0.29) is 25.6 Å². The van der Waals surface area contributed by atoms with Crippen LogP contribution in [0, 0.1) is 5.92 Å². The van der Waals surface area contributed by atoms with Gasteiger partial charge in [-0.15, -0.1) is 0 Å². The number of hydrogen-bond donors (Lipinski definition) is 3. The Morgan fingerprint density at radius 2 is 1.65 bits per heavy atom. The summed E-state index contributed by atoms with van der Waals surface area (Å²) in [5.74, 6) is -2.17. The normalized spacial score (nSPS) is 13.9. The summed E-state index contributed by atoms with van der Waals surface area (Å²) < 4.78 is 9.86. The number of aliphatic hydroxyl groups is 3. The van der Waals surface area contributed by atoms with Gasteiger partial charge in [0.1, 0.15) is 18.2 Å². The Kier molecular flexibility index (Phi) is 12.2. The second kappa shape index (κ2) is 12.9. The fourth-order valence-corrected chi connectivity index (χ4v) is 2.75. The summed E-state index contributed by atoms with van der Waals surface area (Å²) in [6.45, 7) is 2.54. The lowest BCUT2D eigenvalue weighted by Crippen LogP contribution is -2.44. The smallest absolute Gasteiger partial charge is 0.339 e. The van der Waals surface area contributed by atoms with E-state index in [2.05, 4.69) is 0 Å². The zero-order valence-electron chi connectivity index (χ0n) is 15.9. The third-order valence-corrected chi connectivity index (χ3v) is 3.94. The predicted molar refractivity (Wildman–Crippen MR) is 93.4 cm³/mol. The average molecular weight is 376 g/mol. The van der Waals surface area contributed by atoms with Crippen LogP contribution in [0.3, 0.4) is 0 Å². The van der Waals surface area contributed by atoms with Crippen molar-refractivity contribution in [3.8, 4) is 0 Å². The van der Waals surface area contributed by atoms with Crippen LogP contribution in [0.15, 0.2) is 0 Å². The quantitative estimate of drug-likeness (QED) is 0.276. The molecule has 0 bridgehead atoms. The van der Waals surface area contributed by atoms with Crippen molar-refractivity contribution in [3.63, 3.8) is 0 Å². The average Bonchev–Trinajstić information content (AvgIpc) is 2.53. The number of ketones is 2. The molecule has 8 nitrogen and oxygen atoms in total. The lowest BCUT2D eigenvalue weighted by atomic mass is 9.92. The maximum absolute atomic E-state index is 12.1. The van der Waals surface area contributed by atoms with Gasteiger partial charge in [-0.3, -0.25) is 9.59 Å². The van der Waals surface area contributed by atoms with E-state index >= 15 is 0 Å². The topological polar surface area (TPSA) is 130 Å². The van der Waals surface area contributed by atoms with E-state index in [0.717, 1.165) is 12.8 Å². The number of carbonyl (C=O) groups excluding carboxylic acids is 3. The molecule has 2 atom stereocenters. The molecule has 26 heavy (non-hydrogen) atoms. The SMILES string of the molecule is COCCCCC(CO)CC(O)COC(=O)C(O)(CC(C)=O)CC(C)=O. The molecule has 0 amide bonds. The number of ether oxygens (including phenoxy) is 2. The second-order valence-corrected chi connectivity index (χ2v) is 6.81. The van der Waals surface area contributed by atoms with Crippen LogP contribution >= 0.6 is 0 Å². The molecule has 0 saturated carbocycles. The number of esters is 1. The highest BCUT2D eigenvalue weighted by Crippen LogP contribution is 2.20. The van der Waals surface area contributed by atoms with E-state index in [9.17, 15) is 29.7 Å². The molecule has 0 heterocycles. The van der Waals surface area contributed by atoms with Gasteiger partial charge in [0.05, 0.1) is 6.10 Å². The van der Waals surface area contributed by atoms with Gasteiger partial charge >= 0.3 is 5.97 Å². The fourth-order valence-electron chi connectivity index (χ4n) is 2.75. The van der Waals surface area contributed by atoms with Crippen LogP contribution in [0.2, 0.25) is 0 Å². The molecular formula is C18H32O8. The summed E-state index contributed by atoms with van der Waals surface area (Å²) in [4.78, 5) is 34.6. The first-order chi connectivity index (χ1) is 12.1. The van der Waals surface area contributed by atoms with E-state index in [4.69, 9.17) is 9.47 Å². The number of aliphatic hydroxyl groups excluding tert-OH is 2. The van der Waals surface area contributed by atoms with Crippen LogP contribution in [0.25, 0.3) is 0 Å². The van der Waals surface area contributed by atoms with Gasteiger partial charge in [-0.05, 0) is 39.0 Å². The minimum Gasteiger partial charge on any atom is -0.461 e. The first-order valence-electron chi connectivity index (χ1n) is 8.81. The van der Waals surface area contributed by atoms with Gasteiger partial charge < -0.3 is 24.8 Å². The van der Waals surface area contributed by atoms with Crippen molar-refractivity contribution in [2.24, 2.45) is 5.92 Å². The van der Waals surface area contributed by atoms with Crippen LogP contribution in [0.5, 0.6) is 0 Å². The Morgan fingerprint density at radius 3 is 2.12 bits per heavy atom. The van der Waals surface area contributed by atoms with Gasteiger partial charge in [0.25, 0.3) is 0 Å². The minimum atomic E-state index is -2.21. The van der Waals surface area contributed by atoms with Crippen molar-refractivity contribution in [1.82, 2.24) is 0 Å². The van der Waals surface area contributed by atoms with Gasteiger partial charge in [-0.2, -0.15) is 0 Å². The summed E-state index contributed by atoms with van der Waals surface area (Å²) >= 11 is 0. The van der Waals surface area contributed by atoms with Gasteiger partial charge in [0.2, 0.25) is 0 Å². The van der Waals surface area contributed by atoms with Crippen molar-refractivity contribution in [3.05, 3.63) is 0 Å². The van der Waals surface area contributed by atoms with E-state index < -0.39 is 42.1 Å². The fraction of sp³-hybridized carbons (Fsp3) is 0.833. The molecule has 8 heteroatoms. The number of Topliss-reactive ketones (excluding diaryl/α,β-unsaturated/α-hetero) is 2. The molecule has 2 unspecified atom stereocenters. The highest BCUT2D eigenvalue weighted by atomic mass is 16.6. The second-order valence-electron chi connectivity index (χ2n) is 6.81. The van der Waals surface area contributed by atoms with Crippen LogP contribution in [-0.2, 0) is 23.9 Å². The van der Waals surface area contributed by atoms with Crippen molar-refractivity contribution in [2.45, 2.75) is 64.1 Å². The maximum atomic E-state index is 12.1. The third kappa shape index (κ3) is 10.6. The molecule has 0 spiro atoms. The first-order valence-corrected chi connectivity index (χ1v) is 8.81. The molecular weight excluding hydrogens is 344 g/mol. The monoisotopic (exact) mass is 376 g/mol. The summed E-state index contributed by atoms with van der Waals surface area (Å²) in [5.41, 5.74) is -2.21. The third-order valence-electron chi connectivity index (χ3n) is 3.94. The first kappa shape index (κ1) is 24.7. The van der Waals surface area contributed by atoms with Crippen LogP contribution in [-0.4, -0.2) is 71.5 Å². The van der Waals surface area contributed by atoms with Crippen LogP contribution in [0.4, 0.5) is 0 Å². The van der Waals surface area contributed by atoms with Gasteiger partial charge in [-0.1, -0.05) is 6.42 Å². The standard InChI is InChI=1S/C18H32O8/c1-13(20)9-18(24,10-14(2)21)17(23)26-12-16(22)8-15(11-19)6-4-5-7-25-3/h15-16,19,22,24H,4-12H2,1-3H3. The molecule has 0 aliphatic rings. The van der Waals surface area contributed by atoms with Crippen molar-refractivity contribution >= 4 is 17.5 Å². The maximum Gasteiger partial charge on any atom is 0.339 e. The summed E-state index contributed by atoms with van der Waals surface area (Å²) in [6.07, 6.45) is 0.542. The highest BCUT2D eigenvalue weighted by Gasteiger charge is 2.40. The molecule has 152 valence electrons. The van der Waals surface area contributed by atoms with Crippen molar-refractivity contribution in [2.75, 3.05) is 26.9 Å². The van der Waals surface area contributed by atoms with Crippen LogP contribution < -0.4 is 0 Å². The zero-order valence-corrected chi connectivity index (χ0v) is 15.9. The summed E-state index contributed by atoms with van der Waals surface area (Å²) in [6, 6.07) is 0. The molecule has 0 aromatic rings. The van der Waals surface area contributed by atoms with E-state index in [1.54, 1.807) is 7.11 Å². The minimum absolute atomic E-state index is 0.101. The molecule has 0 radical (unpaired) electrons. The van der Waals surface area contributed by atoms with E-state index in [0.29, 0.717) is 13.0 Å². The van der Waals surface area contributed by atoms with Gasteiger partial charge in [0, 0.05) is 33.2 Å². The number of hydrogen-bond acceptors (Lipinski definition) is 8. The molecule has 0 fully saturated rings. The molecule has 0 aliphatic heterocycles. The summed E-state index contributed by atoms with van der Waals surface area (Å²) in [5, 5.41) is 29.7. The molecule has 0 aromatic carbocycles. The van der Waals surface area contributed by atoms with Gasteiger partial charge in [0.15, 0.2) is 5.60 Å². The molecule has 0 saturated heterocycles. The van der Waals surface area contributed by atoms with Crippen molar-refractivity contribution in [1.29, 1.82) is 0 Å². The lowest BCUT2D eigenvalue weighted by Gasteiger charge is -2.25.